The van der Waals surface area contributed by atoms with Gasteiger partial charge in [-0.3, -0.25) is 0 Å². The van der Waals surface area contributed by atoms with Crippen LogP contribution in [0.3, 0.4) is 0 Å². The van der Waals surface area contributed by atoms with Gasteiger partial charge in [0.25, 0.3) is 0 Å². The van der Waals surface area contributed by atoms with E-state index in [9.17, 15) is 0 Å². The first kappa shape index (κ1) is 13.9. The lowest BCUT2D eigenvalue weighted by atomic mass is 10.2. The fourth-order valence-electron chi connectivity index (χ4n) is 1.90. The molecule has 0 amide bonds. The standard InChI is InChI=1S/C16H18O2P/c1-11-5-7-13(17-3)15(9-11)19-16-10-12(2)6-8-14(16)18-4/h5-10H,1-4H3/q-1. The first-order valence-corrected chi connectivity index (χ1v) is 7.04. The van der Waals surface area contributed by atoms with Gasteiger partial charge in [0.15, 0.2) is 0 Å². The van der Waals surface area contributed by atoms with Gasteiger partial charge in [0.2, 0.25) is 0 Å². The van der Waals surface area contributed by atoms with Crippen LogP contribution in [0.25, 0.3) is 0 Å². The molecule has 0 saturated carbocycles. The van der Waals surface area contributed by atoms with Crippen LogP contribution in [-0.4, -0.2) is 14.2 Å². The number of aryl methyl sites for hydroxylation is 2. The molecule has 2 aromatic carbocycles. The Kier molecular flexibility index (Phi) is 4.44. The van der Waals surface area contributed by atoms with Gasteiger partial charge in [-0.1, -0.05) is 35.4 Å². The van der Waals surface area contributed by atoms with Crippen LogP contribution in [-0.2, 0) is 0 Å². The molecule has 0 atom stereocenters. The smallest absolute Gasteiger partial charge is 0.0915 e. The number of ether oxygens (including phenoxy) is 2. The number of hydrogen-bond acceptors (Lipinski definition) is 2. The Morgan fingerprint density at radius 2 is 1.16 bits per heavy atom. The summed E-state index contributed by atoms with van der Waals surface area (Å²) in [5, 5.41) is 2.32. The fraction of sp³-hybridized carbons (Fsp3) is 0.250. The lowest BCUT2D eigenvalue weighted by Gasteiger charge is -2.25. The molecule has 100 valence electrons. The van der Waals surface area contributed by atoms with Crippen molar-refractivity contribution in [3.8, 4) is 11.5 Å². The van der Waals surface area contributed by atoms with E-state index >= 15 is 0 Å². The van der Waals surface area contributed by atoms with Gasteiger partial charge in [-0.2, -0.15) is 10.6 Å². The molecule has 0 N–H and O–H groups in total. The molecule has 2 nitrogen and oxygen atoms in total. The van der Waals surface area contributed by atoms with Gasteiger partial charge < -0.3 is 18.1 Å². The summed E-state index contributed by atoms with van der Waals surface area (Å²) in [7, 11) is 4.51. The highest BCUT2D eigenvalue weighted by atomic mass is 31.1. The second-order valence-corrected chi connectivity index (χ2v) is 5.65. The molecule has 0 aliphatic rings. The minimum absolute atomic E-state index is 0.913. The van der Waals surface area contributed by atoms with Crippen LogP contribution in [0.2, 0.25) is 0 Å². The van der Waals surface area contributed by atoms with Crippen molar-refractivity contribution in [2.24, 2.45) is 0 Å². The quantitative estimate of drug-likeness (QED) is 0.796. The highest BCUT2D eigenvalue weighted by Crippen LogP contribution is 2.25. The first-order valence-electron chi connectivity index (χ1n) is 6.15. The summed E-state index contributed by atoms with van der Waals surface area (Å²) in [4.78, 5) is 0. The van der Waals surface area contributed by atoms with Crippen LogP contribution in [0.1, 0.15) is 11.1 Å². The van der Waals surface area contributed by atoms with Gasteiger partial charge in [0.05, 0.1) is 25.7 Å². The van der Waals surface area contributed by atoms with E-state index in [4.69, 9.17) is 9.47 Å². The topological polar surface area (TPSA) is 18.5 Å². The Labute approximate surface area is 116 Å². The van der Waals surface area contributed by atoms with E-state index in [1.807, 2.05) is 12.1 Å². The van der Waals surface area contributed by atoms with Crippen LogP contribution in [0.5, 0.6) is 11.5 Å². The van der Waals surface area contributed by atoms with Crippen LogP contribution in [0.15, 0.2) is 36.4 Å². The Morgan fingerprint density at radius 3 is 1.53 bits per heavy atom. The van der Waals surface area contributed by atoms with Crippen LogP contribution < -0.4 is 20.1 Å². The second-order valence-electron chi connectivity index (χ2n) is 4.46. The zero-order valence-corrected chi connectivity index (χ0v) is 12.6. The van der Waals surface area contributed by atoms with Gasteiger partial charge in [-0.25, -0.2) is 0 Å². The van der Waals surface area contributed by atoms with Crippen molar-refractivity contribution in [1.29, 1.82) is 0 Å². The molecule has 0 bridgehead atoms. The first-order chi connectivity index (χ1) is 9.13. The molecule has 0 fully saturated rings. The third-order valence-electron chi connectivity index (χ3n) is 2.91. The number of rotatable bonds is 4. The molecule has 0 heterocycles. The zero-order chi connectivity index (χ0) is 13.8. The summed E-state index contributed by atoms with van der Waals surface area (Å²) >= 11 is 0. The molecule has 0 aliphatic carbocycles. The van der Waals surface area contributed by atoms with E-state index in [0.29, 0.717) is 0 Å². The van der Waals surface area contributed by atoms with Gasteiger partial charge in [-0.05, 0) is 26.0 Å². The maximum Gasteiger partial charge on any atom is 0.0915 e. The maximum atomic E-state index is 5.43. The Balaban J connectivity index is 2.40. The molecular weight excluding hydrogens is 255 g/mol. The maximum absolute atomic E-state index is 5.43. The Hall–Kier alpha value is -1.53. The number of hydrogen-bond donors (Lipinski definition) is 0. The summed E-state index contributed by atoms with van der Waals surface area (Å²) in [5.41, 5.74) is 2.46. The van der Waals surface area contributed by atoms with Gasteiger partial charge in [-0.15, -0.1) is 0 Å². The highest BCUT2D eigenvalue weighted by Gasteiger charge is 1.98. The van der Waals surface area contributed by atoms with Gasteiger partial charge in [0, 0.05) is 0 Å². The molecule has 0 saturated heterocycles. The molecule has 0 aromatic heterocycles. The summed E-state index contributed by atoms with van der Waals surface area (Å²) in [6, 6.07) is 12.5. The SMILES string of the molecule is COc1ccc(C)cc1[P-]c1cc(C)ccc1OC. The second kappa shape index (κ2) is 6.08. The average molecular weight is 273 g/mol. The van der Waals surface area contributed by atoms with E-state index in [1.165, 1.54) is 11.1 Å². The van der Waals surface area contributed by atoms with Crippen molar-refractivity contribution in [2.75, 3.05) is 14.2 Å². The summed E-state index contributed by atoms with van der Waals surface area (Å²) in [6.07, 6.45) is 0. The molecule has 2 aromatic rings. The van der Waals surface area contributed by atoms with E-state index in [-0.39, 0.29) is 0 Å². The Bertz CT molecular complexity index is 527. The predicted octanol–water partition coefficient (Wildman–Crippen LogP) is 3.22. The van der Waals surface area contributed by atoms with E-state index in [0.717, 1.165) is 30.7 Å². The monoisotopic (exact) mass is 273 g/mol. The van der Waals surface area contributed by atoms with E-state index in [1.54, 1.807) is 14.2 Å². The summed E-state index contributed by atoms with van der Waals surface area (Å²) in [5.74, 6) is 1.83. The minimum Gasteiger partial charge on any atom is -0.499 e. The number of benzene rings is 2. The van der Waals surface area contributed by atoms with Crippen molar-refractivity contribution in [3.63, 3.8) is 0 Å². The minimum atomic E-state index is 0.913. The van der Waals surface area contributed by atoms with Crippen molar-refractivity contribution in [3.05, 3.63) is 47.5 Å². The predicted molar refractivity (Wildman–Crippen MR) is 81.7 cm³/mol. The van der Waals surface area contributed by atoms with Crippen LogP contribution >= 0.6 is 8.58 Å². The zero-order valence-electron chi connectivity index (χ0n) is 11.7. The van der Waals surface area contributed by atoms with Gasteiger partial charge in [0.1, 0.15) is 0 Å². The van der Waals surface area contributed by atoms with Crippen molar-refractivity contribution in [2.45, 2.75) is 13.8 Å². The van der Waals surface area contributed by atoms with Crippen molar-refractivity contribution >= 4 is 19.2 Å². The third kappa shape index (κ3) is 3.27. The molecule has 0 radical (unpaired) electrons. The molecule has 19 heavy (non-hydrogen) atoms. The molecule has 0 aliphatic heterocycles. The molecule has 2 rings (SSSR count). The number of methoxy groups -OCH3 is 2. The van der Waals surface area contributed by atoms with Crippen molar-refractivity contribution in [1.82, 2.24) is 0 Å². The summed E-state index contributed by atoms with van der Waals surface area (Å²) < 4.78 is 10.9. The van der Waals surface area contributed by atoms with E-state index in [2.05, 4.69) is 38.1 Å². The normalized spacial score (nSPS) is 10.3. The van der Waals surface area contributed by atoms with E-state index < -0.39 is 0 Å². The van der Waals surface area contributed by atoms with Crippen LogP contribution in [0.4, 0.5) is 0 Å². The van der Waals surface area contributed by atoms with Crippen molar-refractivity contribution < 1.29 is 9.47 Å². The molecular formula is C16H18O2P-. The molecule has 3 heteroatoms. The van der Waals surface area contributed by atoms with Crippen LogP contribution in [0, 0.1) is 13.8 Å². The lowest BCUT2D eigenvalue weighted by Crippen LogP contribution is -2.10. The largest absolute Gasteiger partial charge is 0.499 e. The third-order valence-corrected chi connectivity index (χ3v) is 4.09. The fourth-order valence-corrected chi connectivity index (χ4v) is 3.25. The Morgan fingerprint density at radius 1 is 0.737 bits per heavy atom. The van der Waals surface area contributed by atoms with Gasteiger partial charge >= 0.3 is 0 Å². The molecule has 0 unspecified atom stereocenters. The lowest BCUT2D eigenvalue weighted by molar-refractivity contribution is 0.417. The highest BCUT2D eigenvalue weighted by molar-refractivity contribution is 7.56. The molecule has 0 spiro atoms. The summed E-state index contributed by atoms with van der Waals surface area (Å²) in [6.45, 7) is 4.18. The average Bonchev–Trinajstić information content (AvgIpc) is 2.39.